The summed E-state index contributed by atoms with van der Waals surface area (Å²) in [7, 11) is 1.60. The summed E-state index contributed by atoms with van der Waals surface area (Å²) in [5.74, 6) is 2.53. The summed E-state index contributed by atoms with van der Waals surface area (Å²) in [5, 5.41) is 5.71. The van der Waals surface area contributed by atoms with Gasteiger partial charge in [-0.2, -0.15) is 0 Å². The molecule has 0 aliphatic carbocycles. The van der Waals surface area contributed by atoms with Crippen LogP contribution in [0, 0.1) is 12.3 Å². The van der Waals surface area contributed by atoms with E-state index in [0.717, 1.165) is 19.4 Å². The predicted molar refractivity (Wildman–Crippen MR) is 55.8 cm³/mol. The molecule has 0 spiro atoms. The Morgan fingerprint density at radius 3 is 2.93 bits per heavy atom. The molecule has 0 saturated carbocycles. The van der Waals surface area contributed by atoms with E-state index in [1.54, 1.807) is 7.11 Å². The first-order valence-electron chi connectivity index (χ1n) is 4.71. The Morgan fingerprint density at radius 1 is 1.50 bits per heavy atom. The summed E-state index contributed by atoms with van der Waals surface area (Å²) in [5.41, 5.74) is 0. The third kappa shape index (κ3) is 9.04. The molecule has 80 valence electrons. The van der Waals surface area contributed by atoms with Crippen molar-refractivity contribution < 1.29 is 9.53 Å². The zero-order chi connectivity index (χ0) is 10.6. The molecule has 0 aromatic rings. The van der Waals surface area contributed by atoms with Crippen molar-refractivity contribution in [2.75, 3.05) is 33.4 Å². The van der Waals surface area contributed by atoms with Gasteiger partial charge in [-0.25, -0.2) is 0 Å². The van der Waals surface area contributed by atoms with E-state index in [4.69, 9.17) is 11.2 Å². The number of carbonyl (C=O) groups excluding carboxylic acids is 1. The van der Waals surface area contributed by atoms with Crippen LogP contribution in [0.25, 0.3) is 0 Å². The van der Waals surface area contributed by atoms with E-state index in [1.165, 1.54) is 0 Å². The fraction of sp³-hybridized carbons (Fsp3) is 0.700. The standard InChI is InChI=1S/C10H18N2O2/c1-3-4-5-6-11-9-10(13)12-7-8-14-2/h1,11H,4-9H2,2H3,(H,12,13). The molecule has 4 nitrogen and oxygen atoms in total. The highest BCUT2D eigenvalue weighted by molar-refractivity contribution is 5.77. The first kappa shape index (κ1) is 12.9. The molecule has 0 atom stereocenters. The molecule has 0 aliphatic rings. The van der Waals surface area contributed by atoms with E-state index in [1.807, 2.05) is 0 Å². The average Bonchev–Trinajstić information content (AvgIpc) is 2.18. The van der Waals surface area contributed by atoms with Gasteiger partial charge in [-0.15, -0.1) is 12.3 Å². The predicted octanol–water partition coefficient (Wildman–Crippen LogP) is -0.248. The maximum Gasteiger partial charge on any atom is 0.234 e. The molecule has 0 bridgehead atoms. The van der Waals surface area contributed by atoms with Crippen molar-refractivity contribution in [2.45, 2.75) is 12.8 Å². The highest BCUT2D eigenvalue weighted by Gasteiger charge is 1.97. The van der Waals surface area contributed by atoms with E-state index in [0.29, 0.717) is 19.7 Å². The quantitative estimate of drug-likeness (QED) is 0.418. The molecule has 0 saturated heterocycles. The number of ether oxygens (including phenoxy) is 1. The molecule has 0 radical (unpaired) electrons. The van der Waals surface area contributed by atoms with Crippen molar-refractivity contribution in [3.05, 3.63) is 0 Å². The molecule has 0 heterocycles. The number of nitrogens with one attached hydrogen (secondary N) is 2. The minimum atomic E-state index is -0.0113. The van der Waals surface area contributed by atoms with Crippen molar-refractivity contribution >= 4 is 5.91 Å². The van der Waals surface area contributed by atoms with Gasteiger partial charge in [0.2, 0.25) is 5.91 Å². The van der Waals surface area contributed by atoms with E-state index in [9.17, 15) is 4.79 Å². The van der Waals surface area contributed by atoms with Crippen LogP contribution in [0.1, 0.15) is 12.8 Å². The molecule has 4 heteroatoms. The van der Waals surface area contributed by atoms with Gasteiger partial charge in [-0.3, -0.25) is 4.79 Å². The van der Waals surface area contributed by atoms with E-state index < -0.39 is 0 Å². The Balaban J connectivity index is 3.15. The summed E-state index contributed by atoms with van der Waals surface area (Å²) in [6.07, 6.45) is 6.73. The van der Waals surface area contributed by atoms with Gasteiger partial charge >= 0.3 is 0 Å². The van der Waals surface area contributed by atoms with Crippen LogP contribution in [0.3, 0.4) is 0 Å². The van der Waals surface area contributed by atoms with Crippen molar-refractivity contribution in [2.24, 2.45) is 0 Å². The Labute approximate surface area is 85.4 Å². The first-order chi connectivity index (χ1) is 6.81. The van der Waals surface area contributed by atoms with Crippen LogP contribution in [-0.2, 0) is 9.53 Å². The van der Waals surface area contributed by atoms with E-state index >= 15 is 0 Å². The largest absolute Gasteiger partial charge is 0.383 e. The lowest BCUT2D eigenvalue weighted by atomic mass is 10.3. The van der Waals surface area contributed by atoms with Gasteiger partial charge in [0.1, 0.15) is 0 Å². The fourth-order valence-corrected chi connectivity index (χ4v) is 0.872. The lowest BCUT2D eigenvalue weighted by molar-refractivity contribution is -0.120. The molecule has 0 aromatic carbocycles. The van der Waals surface area contributed by atoms with Gasteiger partial charge in [0.15, 0.2) is 0 Å². The number of terminal acetylenes is 1. The lowest BCUT2D eigenvalue weighted by Crippen LogP contribution is -2.35. The zero-order valence-electron chi connectivity index (χ0n) is 8.64. The van der Waals surface area contributed by atoms with Gasteiger partial charge in [-0.05, 0) is 13.0 Å². The Morgan fingerprint density at radius 2 is 2.29 bits per heavy atom. The summed E-state index contributed by atoms with van der Waals surface area (Å²) in [6.45, 7) is 2.22. The highest BCUT2D eigenvalue weighted by Crippen LogP contribution is 1.81. The second-order valence-electron chi connectivity index (χ2n) is 2.83. The van der Waals surface area contributed by atoms with Crippen molar-refractivity contribution in [3.8, 4) is 12.3 Å². The molecule has 1 amide bonds. The topological polar surface area (TPSA) is 50.4 Å². The SMILES string of the molecule is C#CCCCNCC(=O)NCCOC. The third-order valence-electron chi connectivity index (χ3n) is 1.59. The first-order valence-corrected chi connectivity index (χ1v) is 4.71. The molecule has 0 unspecified atom stereocenters. The van der Waals surface area contributed by atoms with Crippen LogP contribution in [-0.4, -0.2) is 39.3 Å². The smallest absolute Gasteiger partial charge is 0.234 e. The van der Waals surface area contributed by atoms with Gasteiger partial charge < -0.3 is 15.4 Å². The number of hydrogen-bond acceptors (Lipinski definition) is 3. The second-order valence-corrected chi connectivity index (χ2v) is 2.83. The molecular formula is C10H18N2O2. The van der Waals surface area contributed by atoms with Gasteiger partial charge in [0, 0.05) is 20.1 Å². The molecule has 0 rings (SSSR count). The maximum absolute atomic E-state index is 11.1. The van der Waals surface area contributed by atoms with E-state index in [-0.39, 0.29) is 5.91 Å². The fourth-order valence-electron chi connectivity index (χ4n) is 0.872. The van der Waals surface area contributed by atoms with E-state index in [2.05, 4.69) is 16.6 Å². The molecule has 0 aromatic heterocycles. The molecule has 0 fully saturated rings. The van der Waals surface area contributed by atoms with Crippen LogP contribution in [0.5, 0.6) is 0 Å². The minimum Gasteiger partial charge on any atom is -0.383 e. The van der Waals surface area contributed by atoms with Crippen LogP contribution in [0.2, 0.25) is 0 Å². The summed E-state index contributed by atoms with van der Waals surface area (Å²) in [6, 6.07) is 0. The zero-order valence-corrected chi connectivity index (χ0v) is 8.64. The number of methoxy groups -OCH3 is 1. The van der Waals surface area contributed by atoms with Crippen molar-refractivity contribution in [1.29, 1.82) is 0 Å². The van der Waals surface area contributed by atoms with Crippen molar-refractivity contribution in [3.63, 3.8) is 0 Å². The highest BCUT2D eigenvalue weighted by atomic mass is 16.5. The normalized spacial score (nSPS) is 9.43. The Kier molecular flexibility index (Phi) is 9.28. The Bertz CT molecular complexity index is 187. The van der Waals surface area contributed by atoms with Crippen LogP contribution in [0.15, 0.2) is 0 Å². The van der Waals surface area contributed by atoms with Gasteiger partial charge in [0.05, 0.1) is 13.2 Å². The number of rotatable bonds is 8. The summed E-state index contributed by atoms with van der Waals surface area (Å²) < 4.78 is 4.79. The average molecular weight is 198 g/mol. The third-order valence-corrected chi connectivity index (χ3v) is 1.59. The number of carbonyl (C=O) groups is 1. The molecule has 0 aliphatic heterocycles. The van der Waals surface area contributed by atoms with Crippen LogP contribution in [0.4, 0.5) is 0 Å². The van der Waals surface area contributed by atoms with Gasteiger partial charge in [-0.1, -0.05) is 0 Å². The molecular weight excluding hydrogens is 180 g/mol. The Hall–Kier alpha value is -1.05. The lowest BCUT2D eigenvalue weighted by Gasteiger charge is -2.05. The van der Waals surface area contributed by atoms with Crippen LogP contribution >= 0.6 is 0 Å². The van der Waals surface area contributed by atoms with Crippen molar-refractivity contribution in [1.82, 2.24) is 10.6 Å². The number of hydrogen-bond donors (Lipinski definition) is 2. The number of unbranched alkanes of at least 4 members (excludes halogenated alkanes) is 1. The second kappa shape index (κ2) is 10.0. The maximum atomic E-state index is 11.1. The summed E-state index contributed by atoms with van der Waals surface area (Å²) >= 11 is 0. The minimum absolute atomic E-state index is 0.0113. The monoisotopic (exact) mass is 198 g/mol. The molecule has 14 heavy (non-hydrogen) atoms. The number of amides is 1. The van der Waals surface area contributed by atoms with Gasteiger partial charge in [0.25, 0.3) is 0 Å². The van der Waals surface area contributed by atoms with Crippen LogP contribution < -0.4 is 10.6 Å². The summed E-state index contributed by atoms with van der Waals surface area (Å²) in [4.78, 5) is 11.1. The molecule has 2 N–H and O–H groups in total.